The summed E-state index contributed by atoms with van der Waals surface area (Å²) in [6.45, 7) is 9.60. The number of nitrogens with zero attached hydrogens (tertiary/aromatic N) is 1. The second kappa shape index (κ2) is 7.64. The molecule has 1 saturated carbocycles. The molecule has 1 aliphatic heterocycles. The van der Waals surface area contributed by atoms with Gasteiger partial charge in [0.05, 0.1) is 0 Å². The predicted octanol–water partition coefficient (Wildman–Crippen LogP) is 3.81. The van der Waals surface area contributed by atoms with E-state index in [1.807, 2.05) is 0 Å². The molecule has 19 heavy (non-hydrogen) atoms. The van der Waals surface area contributed by atoms with Gasteiger partial charge in [0.15, 0.2) is 0 Å². The Morgan fingerprint density at radius 2 is 1.95 bits per heavy atom. The highest BCUT2D eigenvalue weighted by molar-refractivity contribution is 4.94. The van der Waals surface area contributed by atoms with Crippen LogP contribution in [0.5, 0.6) is 0 Å². The van der Waals surface area contributed by atoms with Gasteiger partial charge in [-0.15, -0.1) is 0 Å². The molecule has 2 fully saturated rings. The van der Waals surface area contributed by atoms with Crippen molar-refractivity contribution in [1.82, 2.24) is 10.2 Å². The van der Waals surface area contributed by atoms with E-state index in [0.29, 0.717) is 0 Å². The van der Waals surface area contributed by atoms with E-state index in [1.165, 1.54) is 64.5 Å². The van der Waals surface area contributed by atoms with Gasteiger partial charge >= 0.3 is 0 Å². The summed E-state index contributed by atoms with van der Waals surface area (Å²) in [5.41, 5.74) is 0. The SMILES string of the molecule is CCCNC1CCC(CCC)CC1N1CCCC1C. The number of likely N-dealkylation sites (tertiary alicyclic amines) is 1. The minimum atomic E-state index is 0.758. The molecule has 0 spiro atoms. The molecule has 2 heteroatoms. The molecule has 1 aliphatic carbocycles. The summed E-state index contributed by atoms with van der Waals surface area (Å²) in [5, 5.41) is 3.84. The third kappa shape index (κ3) is 3.95. The fourth-order valence-electron chi connectivity index (χ4n) is 4.28. The molecule has 4 unspecified atom stereocenters. The molecule has 2 rings (SSSR count). The van der Waals surface area contributed by atoms with Crippen molar-refractivity contribution in [3.05, 3.63) is 0 Å². The Labute approximate surface area is 120 Å². The van der Waals surface area contributed by atoms with Gasteiger partial charge in [-0.1, -0.05) is 26.7 Å². The zero-order valence-electron chi connectivity index (χ0n) is 13.3. The van der Waals surface area contributed by atoms with Crippen molar-refractivity contribution in [2.75, 3.05) is 13.1 Å². The molecule has 0 amide bonds. The summed E-state index contributed by atoms with van der Waals surface area (Å²) in [6, 6.07) is 2.39. The Morgan fingerprint density at radius 1 is 1.11 bits per heavy atom. The second-order valence-electron chi connectivity index (χ2n) is 6.82. The van der Waals surface area contributed by atoms with Crippen molar-refractivity contribution in [2.45, 2.75) is 90.3 Å². The molecule has 1 N–H and O–H groups in total. The molecule has 1 saturated heterocycles. The average Bonchev–Trinajstić information content (AvgIpc) is 2.83. The second-order valence-corrected chi connectivity index (χ2v) is 6.82. The monoisotopic (exact) mass is 266 g/mol. The quantitative estimate of drug-likeness (QED) is 0.786. The van der Waals surface area contributed by atoms with Gasteiger partial charge in [0.25, 0.3) is 0 Å². The van der Waals surface area contributed by atoms with Gasteiger partial charge in [-0.05, 0) is 64.5 Å². The Morgan fingerprint density at radius 3 is 2.58 bits per heavy atom. The van der Waals surface area contributed by atoms with Crippen LogP contribution in [0.2, 0.25) is 0 Å². The highest BCUT2D eigenvalue weighted by Gasteiger charge is 2.37. The zero-order valence-corrected chi connectivity index (χ0v) is 13.3. The first-order chi connectivity index (χ1) is 9.26. The maximum absolute atomic E-state index is 3.84. The van der Waals surface area contributed by atoms with Gasteiger partial charge in [0.1, 0.15) is 0 Å². The van der Waals surface area contributed by atoms with Crippen LogP contribution in [0.25, 0.3) is 0 Å². The van der Waals surface area contributed by atoms with Gasteiger partial charge in [-0.3, -0.25) is 4.90 Å². The van der Waals surface area contributed by atoms with Gasteiger partial charge in [0.2, 0.25) is 0 Å². The molecule has 0 aromatic carbocycles. The Hall–Kier alpha value is -0.0800. The molecule has 0 radical (unpaired) electrons. The molecule has 1 heterocycles. The molecule has 2 aliphatic rings. The van der Waals surface area contributed by atoms with E-state index in [4.69, 9.17) is 0 Å². The third-order valence-electron chi connectivity index (χ3n) is 5.31. The summed E-state index contributed by atoms with van der Waals surface area (Å²) >= 11 is 0. The number of rotatable bonds is 6. The molecule has 0 aromatic heterocycles. The van der Waals surface area contributed by atoms with Crippen LogP contribution >= 0.6 is 0 Å². The van der Waals surface area contributed by atoms with E-state index < -0.39 is 0 Å². The Balaban J connectivity index is 1.97. The summed E-state index contributed by atoms with van der Waals surface area (Å²) in [7, 11) is 0. The van der Waals surface area contributed by atoms with Crippen molar-refractivity contribution >= 4 is 0 Å². The lowest BCUT2D eigenvalue weighted by Crippen LogP contribution is -2.54. The Kier molecular flexibility index (Phi) is 6.15. The molecular formula is C17H34N2. The first-order valence-corrected chi connectivity index (χ1v) is 8.75. The van der Waals surface area contributed by atoms with Gasteiger partial charge in [0, 0.05) is 18.1 Å². The van der Waals surface area contributed by atoms with Crippen LogP contribution in [0.3, 0.4) is 0 Å². The van der Waals surface area contributed by atoms with E-state index in [1.54, 1.807) is 0 Å². The van der Waals surface area contributed by atoms with Crippen LogP contribution in [0.1, 0.15) is 72.1 Å². The third-order valence-corrected chi connectivity index (χ3v) is 5.31. The maximum atomic E-state index is 3.84. The lowest BCUT2D eigenvalue weighted by Gasteiger charge is -2.43. The number of hydrogen-bond donors (Lipinski definition) is 1. The highest BCUT2D eigenvalue weighted by Crippen LogP contribution is 2.34. The van der Waals surface area contributed by atoms with Crippen LogP contribution < -0.4 is 5.32 Å². The van der Waals surface area contributed by atoms with E-state index >= 15 is 0 Å². The standard InChI is InChI=1S/C17H34N2/c1-4-7-15-9-10-16(18-11-5-2)17(13-15)19-12-6-8-14(19)3/h14-18H,4-13H2,1-3H3. The van der Waals surface area contributed by atoms with E-state index in [-0.39, 0.29) is 0 Å². The first-order valence-electron chi connectivity index (χ1n) is 8.75. The summed E-state index contributed by atoms with van der Waals surface area (Å²) < 4.78 is 0. The largest absolute Gasteiger partial charge is 0.312 e. The summed E-state index contributed by atoms with van der Waals surface area (Å²) in [6.07, 6.45) is 11.2. The van der Waals surface area contributed by atoms with Gasteiger partial charge < -0.3 is 5.32 Å². The minimum Gasteiger partial charge on any atom is -0.312 e. The van der Waals surface area contributed by atoms with Crippen LogP contribution in [-0.2, 0) is 0 Å². The lowest BCUT2D eigenvalue weighted by atomic mass is 9.79. The summed E-state index contributed by atoms with van der Waals surface area (Å²) in [5.74, 6) is 0.988. The minimum absolute atomic E-state index is 0.758. The van der Waals surface area contributed by atoms with Crippen LogP contribution in [0.15, 0.2) is 0 Å². The smallest absolute Gasteiger partial charge is 0.0254 e. The van der Waals surface area contributed by atoms with E-state index in [0.717, 1.165) is 24.0 Å². The predicted molar refractivity (Wildman–Crippen MR) is 83.5 cm³/mol. The van der Waals surface area contributed by atoms with E-state index in [2.05, 4.69) is 31.0 Å². The normalized spacial score (nSPS) is 36.8. The van der Waals surface area contributed by atoms with E-state index in [9.17, 15) is 0 Å². The molecule has 2 nitrogen and oxygen atoms in total. The number of nitrogens with one attached hydrogen (secondary N) is 1. The van der Waals surface area contributed by atoms with Crippen LogP contribution in [-0.4, -0.2) is 36.1 Å². The highest BCUT2D eigenvalue weighted by atomic mass is 15.2. The van der Waals surface area contributed by atoms with Crippen LogP contribution in [0.4, 0.5) is 0 Å². The molecule has 112 valence electrons. The molecule has 0 aromatic rings. The maximum Gasteiger partial charge on any atom is 0.0254 e. The zero-order chi connectivity index (χ0) is 13.7. The van der Waals surface area contributed by atoms with Gasteiger partial charge in [-0.2, -0.15) is 0 Å². The van der Waals surface area contributed by atoms with Crippen molar-refractivity contribution in [3.8, 4) is 0 Å². The fraction of sp³-hybridized carbons (Fsp3) is 1.00. The Bertz CT molecular complexity index is 254. The first kappa shape index (κ1) is 15.3. The fourth-order valence-corrected chi connectivity index (χ4v) is 4.28. The molecule has 0 bridgehead atoms. The molecule has 4 atom stereocenters. The van der Waals surface area contributed by atoms with Crippen molar-refractivity contribution in [3.63, 3.8) is 0 Å². The number of hydrogen-bond acceptors (Lipinski definition) is 2. The molecular weight excluding hydrogens is 232 g/mol. The van der Waals surface area contributed by atoms with Crippen LogP contribution in [0, 0.1) is 5.92 Å². The van der Waals surface area contributed by atoms with Crippen molar-refractivity contribution in [1.29, 1.82) is 0 Å². The van der Waals surface area contributed by atoms with Crippen molar-refractivity contribution in [2.24, 2.45) is 5.92 Å². The lowest BCUT2D eigenvalue weighted by molar-refractivity contribution is 0.0889. The van der Waals surface area contributed by atoms with Gasteiger partial charge in [-0.25, -0.2) is 0 Å². The summed E-state index contributed by atoms with van der Waals surface area (Å²) in [4.78, 5) is 2.83. The topological polar surface area (TPSA) is 15.3 Å². The van der Waals surface area contributed by atoms with Crippen molar-refractivity contribution < 1.29 is 0 Å². The average molecular weight is 266 g/mol.